The minimum absolute atomic E-state index is 0.154. The van der Waals surface area contributed by atoms with Crippen molar-refractivity contribution < 1.29 is 13.9 Å². The lowest BCUT2D eigenvalue weighted by Gasteiger charge is -2.07. The van der Waals surface area contributed by atoms with Crippen molar-refractivity contribution in [3.8, 4) is 5.75 Å². The van der Waals surface area contributed by atoms with E-state index in [4.69, 9.17) is 4.74 Å². The number of anilines is 1. The summed E-state index contributed by atoms with van der Waals surface area (Å²) < 4.78 is 18.3. The zero-order chi connectivity index (χ0) is 13.7. The highest BCUT2D eigenvalue weighted by Gasteiger charge is 2.07. The van der Waals surface area contributed by atoms with Crippen LogP contribution in [0.3, 0.4) is 0 Å². The topological polar surface area (TPSA) is 38.3 Å². The third-order valence-electron chi connectivity index (χ3n) is 2.64. The minimum atomic E-state index is -0.500. The summed E-state index contributed by atoms with van der Waals surface area (Å²) in [5.74, 6) is -0.531. The fourth-order valence-corrected chi connectivity index (χ4v) is 1.73. The number of nitrogens with one attached hydrogen (secondary N) is 1. The maximum atomic E-state index is 13.5. The molecule has 0 aliphatic carbocycles. The molecule has 0 aliphatic heterocycles. The van der Waals surface area contributed by atoms with Crippen LogP contribution in [-0.4, -0.2) is 13.0 Å². The van der Waals surface area contributed by atoms with Crippen LogP contribution in [0.4, 0.5) is 10.1 Å². The molecule has 0 atom stereocenters. The van der Waals surface area contributed by atoms with Crippen molar-refractivity contribution in [1.82, 2.24) is 0 Å². The van der Waals surface area contributed by atoms with E-state index in [0.717, 1.165) is 5.56 Å². The van der Waals surface area contributed by atoms with Gasteiger partial charge in [0.2, 0.25) is 5.91 Å². The van der Waals surface area contributed by atoms with Crippen LogP contribution >= 0.6 is 0 Å². The third-order valence-corrected chi connectivity index (χ3v) is 2.64. The highest BCUT2D eigenvalue weighted by Crippen LogP contribution is 2.20. The van der Waals surface area contributed by atoms with E-state index in [9.17, 15) is 9.18 Å². The predicted molar refractivity (Wildman–Crippen MR) is 71.7 cm³/mol. The Balaban J connectivity index is 2.01. The van der Waals surface area contributed by atoms with Gasteiger partial charge in [-0.3, -0.25) is 4.79 Å². The van der Waals surface area contributed by atoms with Crippen molar-refractivity contribution in [2.45, 2.75) is 6.42 Å². The highest BCUT2D eigenvalue weighted by atomic mass is 19.1. The molecule has 98 valence electrons. The average Bonchev–Trinajstić information content (AvgIpc) is 2.40. The number of benzene rings is 2. The fourth-order valence-electron chi connectivity index (χ4n) is 1.73. The van der Waals surface area contributed by atoms with Gasteiger partial charge in [0.15, 0.2) is 11.6 Å². The Morgan fingerprint density at radius 3 is 2.58 bits per heavy atom. The molecule has 0 fully saturated rings. The number of halogens is 1. The fraction of sp³-hybridized carbons (Fsp3) is 0.133. The van der Waals surface area contributed by atoms with Crippen LogP contribution < -0.4 is 10.1 Å². The Bertz CT molecular complexity index is 570. The maximum absolute atomic E-state index is 13.5. The van der Waals surface area contributed by atoms with Crippen LogP contribution in [0.15, 0.2) is 48.5 Å². The molecule has 19 heavy (non-hydrogen) atoms. The third kappa shape index (κ3) is 3.55. The molecular formula is C15H14FNO2. The van der Waals surface area contributed by atoms with Gasteiger partial charge in [-0.1, -0.05) is 30.3 Å². The molecule has 0 spiro atoms. The second-order valence-corrected chi connectivity index (χ2v) is 4.06. The number of ether oxygens (including phenoxy) is 1. The number of hydrogen-bond acceptors (Lipinski definition) is 2. The second kappa shape index (κ2) is 6.00. The lowest BCUT2D eigenvalue weighted by molar-refractivity contribution is -0.115. The lowest BCUT2D eigenvalue weighted by atomic mass is 10.1. The minimum Gasteiger partial charge on any atom is -0.494 e. The first kappa shape index (κ1) is 13.1. The lowest BCUT2D eigenvalue weighted by Crippen LogP contribution is -2.14. The number of carbonyl (C=O) groups is 1. The molecule has 2 rings (SSSR count). The molecule has 0 bridgehead atoms. The van der Waals surface area contributed by atoms with Gasteiger partial charge in [0, 0.05) is 11.8 Å². The summed E-state index contributed by atoms with van der Waals surface area (Å²) in [4.78, 5) is 11.8. The van der Waals surface area contributed by atoms with Gasteiger partial charge in [-0.15, -0.1) is 0 Å². The Morgan fingerprint density at radius 1 is 1.21 bits per heavy atom. The molecule has 4 heteroatoms. The van der Waals surface area contributed by atoms with Gasteiger partial charge < -0.3 is 10.1 Å². The van der Waals surface area contributed by atoms with E-state index < -0.39 is 5.82 Å². The second-order valence-electron chi connectivity index (χ2n) is 4.06. The van der Waals surface area contributed by atoms with E-state index in [0.29, 0.717) is 5.69 Å². The number of hydrogen-bond donors (Lipinski definition) is 1. The van der Waals surface area contributed by atoms with Crippen LogP contribution in [0, 0.1) is 5.82 Å². The van der Waals surface area contributed by atoms with Gasteiger partial charge in [-0.25, -0.2) is 4.39 Å². The van der Waals surface area contributed by atoms with Crippen LogP contribution in [0.25, 0.3) is 0 Å². The van der Waals surface area contributed by atoms with Crippen LogP contribution in [-0.2, 0) is 11.2 Å². The van der Waals surface area contributed by atoms with E-state index >= 15 is 0 Å². The van der Waals surface area contributed by atoms with Crippen molar-refractivity contribution in [2.24, 2.45) is 0 Å². The number of amides is 1. The molecule has 0 aliphatic rings. The molecule has 2 aromatic rings. The van der Waals surface area contributed by atoms with Crippen molar-refractivity contribution in [1.29, 1.82) is 0 Å². The van der Waals surface area contributed by atoms with Gasteiger partial charge >= 0.3 is 0 Å². The predicted octanol–water partition coefficient (Wildman–Crippen LogP) is 3.02. The molecular weight excluding hydrogens is 245 g/mol. The summed E-state index contributed by atoms with van der Waals surface area (Å²) in [6.45, 7) is 0. The van der Waals surface area contributed by atoms with E-state index in [1.165, 1.54) is 19.2 Å². The first-order valence-electron chi connectivity index (χ1n) is 5.86. The first-order valence-corrected chi connectivity index (χ1v) is 5.86. The van der Waals surface area contributed by atoms with Gasteiger partial charge in [0.1, 0.15) is 0 Å². The zero-order valence-corrected chi connectivity index (χ0v) is 10.5. The SMILES string of the molecule is COc1ccc(NC(=O)Cc2ccccc2)cc1F. The normalized spacial score (nSPS) is 10.0. The smallest absolute Gasteiger partial charge is 0.228 e. The van der Waals surface area contributed by atoms with Gasteiger partial charge in [0.05, 0.1) is 13.5 Å². The van der Waals surface area contributed by atoms with Gasteiger partial charge in [-0.05, 0) is 17.7 Å². The van der Waals surface area contributed by atoms with Crippen LogP contribution in [0.1, 0.15) is 5.56 Å². The molecule has 1 amide bonds. The van der Waals surface area contributed by atoms with Gasteiger partial charge in [-0.2, -0.15) is 0 Å². The zero-order valence-electron chi connectivity index (χ0n) is 10.5. The van der Waals surface area contributed by atoms with E-state index in [1.807, 2.05) is 30.3 Å². The van der Waals surface area contributed by atoms with Crippen molar-refractivity contribution in [3.63, 3.8) is 0 Å². The van der Waals surface area contributed by atoms with E-state index in [-0.39, 0.29) is 18.1 Å². The van der Waals surface area contributed by atoms with Crippen molar-refractivity contribution in [2.75, 3.05) is 12.4 Å². The van der Waals surface area contributed by atoms with E-state index in [1.54, 1.807) is 6.07 Å². The van der Waals surface area contributed by atoms with Crippen LogP contribution in [0.2, 0.25) is 0 Å². The monoisotopic (exact) mass is 259 g/mol. The Kier molecular flexibility index (Phi) is 4.13. The van der Waals surface area contributed by atoms with E-state index in [2.05, 4.69) is 5.32 Å². The van der Waals surface area contributed by atoms with Crippen molar-refractivity contribution >= 4 is 11.6 Å². The molecule has 0 heterocycles. The molecule has 2 aromatic carbocycles. The number of carbonyl (C=O) groups excluding carboxylic acids is 1. The largest absolute Gasteiger partial charge is 0.494 e. The molecule has 0 radical (unpaired) electrons. The molecule has 0 saturated carbocycles. The summed E-state index contributed by atoms with van der Waals surface area (Å²) in [7, 11) is 1.39. The number of rotatable bonds is 4. The molecule has 0 saturated heterocycles. The average molecular weight is 259 g/mol. The Labute approximate surface area is 111 Å². The summed E-state index contributed by atoms with van der Waals surface area (Å²) >= 11 is 0. The van der Waals surface area contributed by atoms with Crippen LogP contribution in [0.5, 0.6) is 5.75 Å². The summed E-state index contributed by atoms with van der Waals surface area (Å²) in [5, 5.41) is 2.65. The maximum Gasteiger partial charge on any atom is 0.228 e. The van der Waals surface area contributed by atoms with Crippen molar-refractivity contribution in [3.05, 3.63) is 59.9 Å². The highest BCUT2D eigenvalue weighted by molar-refractivity contribution is 5.92. The molecule has 3 nitrogen and oxygen atoms in total. The standard InChI is InChI=1S/C15H14FNO2/c1-19-14-8-7-12(10-13(14)16)17-15(18)9-11-5-3-2-4-6-11/h2-8,10H,9H2,1H3,(H,17,18). The first-order chi connectivity index (χ1) is 9.19. The summed E-state index contributed by atoms with van der Waals surface area (Å²) in [6, 6.07) is 13.7. The molecule has 0 unspecified atom stereocenters. The molecule has 1 N–H and O–H groups in total. The Morgan fingerprint density at radius 2 is 1.95 bits per heavy atom. The number of methoxy groups -OCH3 is 1. The molecule has 0 aromatic heterocycles. The summed E-state index contributed by atoms with van der Waals surface area (Å²) in [6.07, 6.45) is 0.258. The summed E-state index contributed by atoms with van der Waals surface area (Å²) in [5.41, 5.74) is 1.33. The van der Waals surface area contributed by atoms with Gasteiger partial charge in [0.25, 0.3) is 0 Å². The quantitative estimate of drug-likeness (QED) is 0.916. The Hall–Kier alpha value is -2.36.